The Balaban J connectivity index is 2.04. The first kappa shape index (κ1) is 13.0. The van der Waals surface area contributed by atoms with Crippen molar-refractivity contribution in [2.45, 2.75) is 50.9 Å². The summed E-state index contributed by atoms with van der Waals surface area (Å²) in [5.74, 6) is 0.966. The van der Waals surface area contributed by atoms with Crippen LogP contribution in [0.15, 0.2) is 4.52 Å². The maximum absolute atomic E-state index is 5.23. The molecule has 2 rings (SSSR count). The number of nitrogens with zero attached hydrogens (tertiary/aromatic N) is 2. The molecule has 0 aliphatic heterocycles. The first-order chi connectivity index (χ1) is 8.13. The number of hydrogen-bond donors (Lipinski definition) is 0. The predicted molar refractivity (Wildman–Crippen MR) is 72.4 cm³/mol. The number of rotatable bonds is 4. The first-order valence-corrected chi connectivity index (χ1v) is 7.57. The van der Waals surface area contributed by atoms with Crippen molar-refractivity contribution in [2.75, 3.05) is 13.3 Å². The zero-order valence-electron chi connectivity index (χ0n) is 11.2. The van der Waals surface area contributed by atoms with Crippen LogP contribution in [-0.4, -0.2) is 34.7 Å². The van der Waals surface area contributed by atoms with Crippen molar-refractivity contribution in [3.8, 4) is 0 Å². The van der Waals surface area contributed by atoms with Gasteiger partial charge in [-0.15, -0.1) is 0 Å². The van der Waals surface area contributed by atoms with Gasteiger partial charge in [-0.3, -0.25) is 4.90 Å². The van der Waals surface area contributed by atoms with Gasteiger partial charge in [-0.25, -0.2) is 0 Å². The third-order valence-electron chi connectivity index (χ3n) is 3.88. The highest BCUT2D eigenvalue weighted by molar-refractivity contribution is 7.99. The molecule has 1 aromatic rings. The molecule has 0 radical (unpaired) electrons. The molecule has 0 bridgehead atoms. The van der Waals surface area contributed by atoms with E-state index < -0.39 is 0 Å². The molecule has 0 amide bonds. The molecule has 0 saturated heterocycles. The van der Waals surface area contributed by atoms with Crippen molar-refractivity contribution >= 4 is 11.8 Å². The number of hydrogen-bond acceptors (Lipinski definition) is 4. The van der Waals surface area contributed by atoms with Crippen LogP contribution in [0, 0.1) is 13.8 Å². The van der Waals surface area contributed by atoms with E-state index in [4.69, 9.17) is 4.52 Å². The lowest BCUT2D eigenvalue weighted by molar-refractivity contribution is 0.240. The summed E-state index contributed by atoms with van der Waals surface area (Å²) < 4.78 is 5.23. The van der Waals surface area contributed by atoms with E-state index in [2.05, 4.69) is 23.4 Å². The second kappa shape index (κ2) is 5.44. The summed E-state index contributed by atoms with van der Waals surface area (Å²) in [5, 5.41) is 4.82. The molecule has 4 heteroatoms. The van der Waals surface area contributed by atoms with E-state index in [-0.39, 0.29) is 0 Å². The first-order valence-electron chi connectivity index (χ1n) is 6.28. The normalized spacial score (nSPS) is 24.8. The summed E-state index contributed by atoms with van der Waals surface area (Å²) in [7, 11) is 2.23. The third kappa shape index (κ3) is 2.68. The maximum Gasteiger partial charge on any atom is 0.138 e. The topological polar surface area (TPSA) is 29.3 Å². The van der Waals surface area contributed by atoms with E-state index in [1.807, 2.05) is 25.6 Å². The number of aromatic nitrogens is 1. The minimum atomic E-state index is 0.707. The van der Waals surface area contributed by atoms with Gasteiger partial charge in [-0.2, -0.15) is 11.8 Å². The monoisotopic (exact) mass is 254 g/mol. The molecule has 1 heterocycles. The van der Waals surface area contributed by atoms with E-state index in [0.717, 1.165) is 23.2 Å². The van der Waals surface area contributed by atoms with Crippen LogP contribution in [0.1, 0.15) is 36.3 Å². The van der Waals surface area contributed by atoms with Crippen LogP contribution >= 0.6 is 11.8 Å². The van der Waals surface area contributed by atoms with E-state index in [0.29, 0.717) is 6.04 Å². The van der Waals surface area contributed by atoms with Crippen molar-refractivity contribution < 1.29 is 4.52 Å². The molecule has 17 heavy (non-hydrogen) atoms. The number of thioether (sulfide) groups is 1. The van der Waals surface area contributed by atoms with Gasteiger partial charge in [0.2, 0.25) is 0 Å². The molecule has 1 aromatic heterocycles. The largest absolute Gasteiger partial charge is 0.361 e. The van der Waals surface area contributed by atoms with E-state index in [9.17, 15) is 0 Å². The Morgan fingerprint density at radius 1 is 1.41 bits per heavy atom. The zero-order valence-corrected chi connectivity index (χ0v) is 12.0. The Hall–Kier alpha value is -0.480. The smallest absolute Gasteiger partial charge is 0.138 e. The molecule has 0 N–H and O–H groups in total. The van der Waals surface area contributed by atoms with Crippen LogP contribution in [0.5, 0.6) is 0 Å². The summed E-state index contributed by atoms with van der Waals surface area (Å²) in [5.41, 5.74) is 2.30. The van der Waals surface area contributed by atoms with Crippen LogP contribution in [0.2, 0.25) is 0 Å². The second-order valence-corrected chi connectivity index (χ2v) is 6.07. The average Bonchev–Trinajstić information content (AvgIpc) is 2.90. The minimum absolute atomic E-state index is 0.707. The molecule has 1 fully saturated rings. The Labute approximate surface area is 108 Å². The zero-order chi connectivity index (χ0) is 12.4. The van der Waals surface area contributed by atoms with Gasteiger partial charge < -0.3 is 4.52 Å². The fourth-order valence-corrected chi connectivity index (χ4v) is 3.84. The van der Waals surface area contributed by atoms with Crippen molar-refractivity contribution in [1.29, 1.82) is 0 Å². The summed E-state index contributed by atoms with van der Waals surface area (Å²) in [6, 6.07) is 0.707. The van der Waals surface area contributed by atoms with E-state index in [1.165, 1.54) is 24.8 Å². The lowest BCUT2D eigenvalue weighted by atomic mass is 10.1. The quantitative estimate of drug-likeness (QED) is 0.826. The second-order valence-electron chi connectivity index (χ2n) is 4.99. The number of aryl methyl sites for hydroxylation is 2. The third-order valence-corrected chi connectivity index (χ3v) is 5.03. The molecule has 1 aliphatic carbocycles. The summed E-state index contributed by atoms with van der Waals surface area (Å²) >= 11 is 2.01. The molecule has 3 nitrogen and oxygen atoms in total. The molecular weight excluding hydrogens is 232 g/mol. The molecule has 0 spiro atoms. The van der Waals surface area contributed by atoms with Crippen molar-refractivity contribution in [3.63, 3.8) is 0 Å². The van der Waals surface area contributed by atoms with E-state index in [1.54, 1.807) is 0 Å². The van der Waals surface area contributed by atoms with Crippen molar-refractivity contribution in [2.24, 2.45) is 0 Å². The Morgan fingerprint density at radius 2 is 2.18 bits per heavy atom. The summed E-state index contributed by atoms with van der Waals surface area (Å²) in [4.78, 5) is 2.47. The van der Waals surface area contributed by atoms with Crippen LogP contribution in [0.4, 0.5) is 0 Å². The average molecular weight is 254 g/mol. The van der Waals surface area contributed by atoms with Gasteiger partial charge in [0.1, 0.15) is 5.76 Å². The van der Waals surface area contributed by atoms with Gasteiger partial charge in [-0.05, 0) is 40.0 Å². The molecule has 96 valence electrons. The fraction of sp³-hybridized carbons (Fsp3) is 0.769. The summed E-state index contributed by atoms with van der Waals surface area (Å²) in [6.45, 7) is 4.99. The lowest BCUT2D eigenvalue weighted by Gasteiger charge is -2.28. The Kier molecular flexibility index (Phi) is 4.15. The Bertz CT molecular complexity index is 358. The SMILES string of the molecule is CS[C@H]1CCC[C@@H]1N(C)Cc1c(C)noc1C. The molecular formula is C13H22N2OS. The van der Waals surface area contributed by atoms with Gasteiger partial charge in [0.25, 0.3) is 0 Å². The predicted octanol–water partition coefficient (Wildman–Crippen LogP) is 3.01. The van der Waals surface area contributed by atoms with Crippen LogP contribution in [0.25, 0.3) is 0 Å². The van der Waals surface area contributed by atoms with Crippen LogP contribution in [0.3, 0.4) is 0 Å². The highest BCUT2D eigenvalue weighted by Gasteiger charge is 2.30. The molecule has 0 aromatic carbocycles. The minimum Gasteiger partial charge on any atom is -0.361 e. The highest BCUT2D eigenvalue weighted by Crippen LogP contribution is 2.32. The molecule has 0 unspecified atom stereocenters. The van der Waals surface area contributed by atoms with Crippen molar-refractivity contribution in [1.82, 2.24) is 10.1 Å². The van der Waals surface area contributed by atoms with Crippen LogP contribution in [-0.2, 0) is 6.54 Å². The van der Waals surface area contributed by atoms with Crippen LogP contribution < -0.4 is 0 Å². The van der Waals surface area contributed by atoms with Gasteiger partial charge >= 0.3 is 0 Å². The molecule has 1 aliphatic rings. The maximum atomic E-state index is 5.23. The fourth-order valence-electron chi connectivity index (χ4n) is 2.78. The highest BCUT2D eigenvalue weighted by atomic mass is 32.2. The van der Waals surface area contributed by atoms with Crippen molar-refractivity contribution in [3.05, 3.63) is 17.0 Å². The van der Waals surface area contributed by atoms with Gasteiger partial charge in [-0.1, -0.05) is 11.6 Å². The van der Waals surface area contributed by atoms with Gasteiger partial charge in [0.15, 0.2) is 0 Å². The molecule has 1 saturated carbocycles. The van der Waals surface area contributed by atoms with E-state index >= 15 is 0 Å². The van der Waals surface area contributed by atoms with Gasteiger partial charge in [0, 0.05) is 23.4 Å². The Morgan fingerprint density at radius 3 is 2.76 bits per heavy atom. The lowest BCUT2D eigenvalue weighted by Crippen LogP contribution is -2.35. The summed E-state index contributed by atoms with van der Waals surface area (Å²) in [6.07, 6.45) is 6.28. The standard InChI is InChI=1S/C13H22N2OS/c1-9-11(10(2)16-14-9)8-15(3)12-6-5-7-13(12)17-4/h12-13H,5-8H2,1-4H3/t12-,13-/m0/s1. The molecule has 2 atom stereocenters. The van der Waals surface area contributed by atoms with Gasteiger partial charge in [0.05, 0.1) is 5.69 Å².